The number of hydrogen-bond donors (Lipinski definition) is 2. The highest BCUT2D eigenvalue weighted by Gasteiger charge is 2.18. The Morgan fingerprint density at radius 1 is 1.00 bits per heavy atom. The molecule has 0 aliphatic rings. The Labute approximate surface area is 164 Å². The lowest BCUT2D eigenvalue weighted by molar-refractivity contribution is -0.152. The summed E-state index contributed by atoms with van der Waals surface area (Å²) in [7, 11) is 0. The minimum absolute atomic E-state index is 0.326. The highest BCUT2D eigenvalue weighted by molar-refractivity contribution is 5.97. The van der Waals surface area contributed by atoms with Crippen molar-refractivity contribution >= 4 is 23.5 Å². The third-order valence-electron chi connectivity index (χ3n) is 3.82. The van der Waals surface area contributed by atoms with Crippen molar-refractivity contribution in [3.63, 3.8) is 0 Å². The topological polar surface area (TPSA) is 93.7 Å². The van der Waals surface area contributed by atoms with Gasteiger partial charge in [0.1, 0.15) is 12.3 Å². The Morgan fingerprint density at radius 2 is 1.64 bits per heavy atom. The van der Waals surface area contributed by atoms with Crippen LogP contribution < -0.4 is 15.4 Å². The van der Waals surface area contributed by atoms with E-state index in [1.165, 1.54) is 6.92 Å². The quantitative estimate of drug-likeness (QED) is 0.683. The lowest BCUT2D eigenvalue weighted by atomic mass is 10.1. The van der Waals surface area contributed by atoms with E-state index >= 15 is 0 Å². The molecule has 0 saturated carbocycles. The van der Waals surface area contributed by atoms with Crippen LogP contribution in [0.15, 0.2) is 48.5 Å². The summed E-state index contributed by atoms with van der Waals surface area (Å²) in [6.45, 7) is 5.49. The van der Waals surface area contributed by atoms with E-state index in [1.807, 2.05) is 13.8 Å². The van der Waals surface area contributed by atoms with Gasteiger partial charge in [-0.2, -0.15) is 0 Å². The summed E-state index contributed by atoms with van der Waals surface area (Å²) in [5.74, 6) is -0.857. The van der Waals surface area contributed by atoms with Gasteiger partial charge in [-0.1, -0.05) is 17.7 Å². The highest BCUT2D eigenvalue weighted by Crippen LogP contribution is 2.16. The van der Waals surface area contributed by atoms with Crippen molar-refractivity contribution < 1.29 is 23.9 Å². The molecular weight excluding hydrogens is 360 g/mol. The van der Waals surface area contributed by atoms with Crippen molar-refractivity contribution in [2.75, 3.05) is 18.5 Å². The highest BCUT2D eigenvalue weighted by atomic mass is 16.5. The predicted molar refractivity (Wildman–Crippen MR) is 105 cm³/mol. The monoisotopic (exact) mass is 384 g/mol. The molecule has 7 nitrogen and oxygen atoms in total. The van der Waals surface area contributed by atoms with Gasteiger partial charge in [0.2, 0.25) is 0 Å². The summed E-state index contributed by atoms with van der Waals surface area (Å²) in [5, 5.41) is 5.12. The SMILES string of the molecule is CCOc1ccc(NC(=O)C(C)OC(=O)CNC(=O)c2ccc(C)cc2)cc1. The number of esters is 1. The zero-order valence-corrected chi connectivity index (χ0v) is 16.2. The van der Waals surface area contributed by atoms with Crippen molar-refractivity contribution in [3.05, 3.63) is 59.7 Å². The number of rotatable bonds is 8. The fourth-order valence-electron chi connectivity index (χ4n) is 2.30. The van der Waals surface area contributed by atoms with E-state index in [1.54, 1.807) is 48.5 Å². The van der Waals surface area contributed by atoms with E-state index in [9.17, 15) is 14.4 Å². The third-order valence-corrected chi connectivity index (χ3v) is 3.82. The molecule has 1 unspecified atom stereocenters. The van der Waals surface area contributed by atoms with E-state index in [2.05, 4.69) is 10.6 Å². The van der Waals surface area contributed by atoms with Gasteiger partial charge in [-0.15, -0.1) is 0 Å². The molecule has 0 fully saturated rings. The molecule has 0 spiro atoms. The Bertz CT molecular complexity index is 816. The van der Waals surface area contributed by atoms with Gasteiger partial charge < -0.3 is 20.1 Å². The average Bonchev–Trinajstić information content (AvgIpc) is 2.68. The fourth-order valence-corrected chi connectivity index (χ4v) is 2.30. The molecule has 2 aromatic rings. The van der Waals surface area contributed by atoms with E-state index in [-0.39, 0.29) is 12.5 Å². The molecule has 0 saturated heterocycles. The molecule has 0 radical (unpaired) electrons. The second-order valence-corrected chi connectivity index (χ2v) is 6.13. The predicted octanol–water partition coefficient (Wildman–Crippen LogP) is 2.69. The summed E-state index contributed by atoms with van der Waals surface area (Å²) in [6.07, 6.45) is -1.00. The zero-order chi connectivity index (χ0) is 20.5. The van der Waals surface area contributed by atoms with Crippen LogP contribution in [0.1, 0.15) is 29.8 Å². The summed E-state index contributed by atoms with van der Waals surface area (Å²) < 4.78 is 10.4. The van der Waals surface area contributed by atoms with Gasteiger partial charge in [0.25, 0.3) is 11.8 Å². The summed E-state index contributed by atoms with van der Waals surface area (Å²) in [4.78, 5) is 36.0. The second kappa shape index (κ2) is 10.1. The van der Waals surface area contributed by atoms with Crippen LogP contribution in [0.25, 0.3) is 0 Å². The van der Waals surface area contributed by atoms with Crippen molar-refractivity contribution in [2.45, 2.75) is 26.9 Å². The molecule has 2 amide bonds. The number of carbonyl (C=O) groups excluding carboxylic acids is 3. The van der Waals surface area contributed by atoms with Gasteiger partial charge in [-0.3, -0.25) is 14.4 Å². The Morgan fingerprint density at radius 3 is 2.25 bits per heavy atom. The van der Waals surface area contributed by atoms with Crippen LogP contribution in [0, 0.1) is 6.92 Å². The van der Waals surface area contributed by atoms with Crippen molar-refractivity contribution in [3.8, 4) is 5.75 Å². The van der Waals surface area contributed by atoms with Crippen LogP contribution in [0.3, 0.4) is 0 Å². The van der Waals surface area contributed by atoms with Crippen LogP contribution in [-0.4, -0.2) is 37.0 Å². The van der Waals surface area contributed by atoms with E-state index in [4.69, 9.17) is 9.47 Å². The number of aryl methyl sites for hydroxylation is 1. The Hall–Kier alpha value is -3.35. The molecule has 148 valence electrons. The molecule has 0 aromatic heterocycles. The number of hydrogen-bond acceptors (Lipinski definition) is 5. The molecule has 0 bridgehead atoms. The minimum Gasteiger partial charge on any atom is -0.494 e. The molecule has 0 heterocycles. The Kier molecular flexibility index (Phi) is 7.56. The number of nitrogens with one attached hydrogen (secondary N) is 2. The van der Waals surface area contributed by atoms with Gasteiger partial charge >= 0.3 is 5.97 Å². The van der Waals surface area contributed by atoms with Crippen molar-refractivity contribution in [1.29, 1.82) is 0 Å². The normalized spacial score (nSPS) is 11.2. The van der Waals surface area contributed by atoms with Crippen LogP contribution in [-0.2, 0) is 14.3 Å². The maximum atomic E-state index is 12.1. The van der Waals surface area contributed by atoms with E-state index in [0.717, 1.165) is 5.56 Å². The lowest BCUT2D eigenvalue weighted by Gasteiger charge is -2.14. The number of anilines is 1. The van der Waals surface area contributed by atoms with Crippen LogP contribution in [0.5, 0.6) is 5.75 Å². The van der Waals surface area contributed by atoms with Crippen LogP contribution >= 0.6 is 0 Å². The van der Waals surface area contributed by atoms with E-state index < -0.39 is 18.0 Å². The van der Waals surface area contributed by atoms with Gasteiger partial charge in [-0.25, -0.2) is 0 Å². The summed E-state index contributed by atoms with van der Waals surface area (Å²) >= 11 is 0. The first-order chi connectivity index (χ1) is 13.4. The molecule has 2 aromatic carbocycles. The first-order valence-electron chi connectivity index (χ1n) is 8.97. The zero-order valence-electron chi connectivity index (χ0n) is 16.2. The number of benzene rings is 2. The maximum Gasteiger partial charge on any atom is 0.326 e. The van der Waals surface area contributed by atoms with Crippen molar-refractivity contribution in [1.82, 2.24) is 5.32 Å². The average molecular weight is 384 g/mol. The van der Waals surface area contributed by atoms with Crippen LogP contribution in [0.4, 0.5) is 5.69 Å². The summed E-state index contributed by atoms with van der Waals surface area (Å²) in [6, 6.07) is 13.8. The smallest absolute Gasteiger partial charge is 0.326 e. The molecule has 0 aliphatic heterocycles. The van der Waals surface area contributed by atoms with Crippen molar-refractivity contribution in [2.24, 2.45) is 0 Å². The molecule has 2 N–H and O–H groups in total. The number of carbonyl (C=O) groups is 3. The number of ether oxygens (including phenoxy) is 2. The minimum atomic E-state index is -1.00. The molecule has 7 heteroatoms. The Balaban J connectivity index is 1.78. The number of amides is 2. The first-order valence-corrected chi connectivity index (χ1v) is 8.97. The lowest BCUT2D eigenvalue weighted by Crippen LogP contribution is -2.35. The second-order valence-electron chi connectivity index (χ2n) is 6.13. The summed E-state index contributed by atoms with van der Waals surface area (Å²) in [5.41, 5.74) is 2.03. The van der Waals surface area contributed by atoms with Gasteiger partial charge in [0.05, 0.1) is 6.61 Å². The largest absolute Gasteiger partial charge is 0.494 e. The van der Waals surface area contributed by atoms with E-state index in [0.29, 0.717) is 23.6 Å². The van der Waals surface area contributed by atoms with Gasteiger partial charge in [-0.05, 0) is 57.2 Å². The van der Waals surface area contributed by atoms with Gasteiger partial charge in [0.15, 0.2) is 6.10 Å². The maximum absolute atomic E-state index is 12.1. The molecular formula is C21H24N2O5. The third kappa shape index (κ3) is 6.42. The molecule has 2 rings (SSSR count). The fraction of sp³-hybridized carbons (Fsp3) is 0.286. The van der Waals surface area contributed by atoms with Gasteiger partial charge in [0, 0.05) is 11.3 Å². The molecule has 1 atom stereocenters. The molecule has 28 heavy (non-hydrogen) atoms. The molecule has 0 aliphatic carbocycles. The van der Waals surface area contributed by atoms with Crippen LogP contribution in [0.2, 0.25) is 0 Å². The first kappa shape index (κ1) is 21.0. The standard InChI is InChI=1S/C21H24N2O5/c1-4-27-18-11-9-17(10-12-18)23-20(25)15(3)28-19(24)13-22-21(26)16-7-5-14(2)6-8-16/h5-12,15H,4,13H2,1-3H3,(H,22,26)(H,23,25).